The maximum absolute atomic E-state index is 15.0. The van der Waals surface area contributed by atoms with Gasteiger partial charge in [0.2, 0.25) is 0 Å². The molecule has 0 bridgehead atoms. The molecule has 0 radical (unpaired) electrons. The van der Waals surface area contributed by atoms with E-state index in [9.17, 15) is 131 Å². The lowest BCUT2D eigenvalue weighted by molar-refractivity contribution is -0.407. The number of hydrogen-bond acceptors (Lipinski definition) is 7. The molecule has 396 valence electrons. The zero-order valence-corrected chi connectivity index (χ0v) is 34.4. The lowest BCUT2D eigenvalue weighted by Crippen LogP contribution is -2.65. The van der Waals surface area contributed by atoms with Gasteiger partial charge in [-0.15, -0.1) is 0 Å². The molecule has 0 aliphatic rings. The Kier molecular flexibility index (Phi) is 14.3. The molecule has 0 unspecified atom stereocenters. The molecule has 7 nitrogen and oxygen atoms in total. The molecule has 4 aromatic rings. The van der Waals surface area contributed by atoms with Crippen molar-refractivity contribution in [3.8, 4) is 23.0 Å². The second-order valence-electron chi connectivity index (χ2n) is 13.9. The minimum atomic E-state index is -7.88. The molecular weight excluding hydrogens is 1100 g/mol. The molecule has 0 amide bonds. The van der Waals surface area contributed by atoms with E-state index in [1.165, 1.54) is 0 Å². The third kappa shape index (κ3) is 9.49. The fourth-order valence-corrected chi connectivity index (χ4v) is 6.25. The zero-order chi connectivity index (χ0) is 55.1. The van der Waals surface area contributed by atoms with Gasteiger partial charge in [-0.2, -0.15) is 131 Å². The first-order chi connectivity index (χ1) is 31.5. The van der Waals surface area contributed by atoms with Crippen LogP contribution in [0.4, 0.5) is 114 Å². The molecule has 0 aromatic heterocycles. The van der Waals surface area contributed by atoms with Crippen molar-refractivity contribution in [3.63, 3.8) is 0 Å². The predicted octanol–water partition coefficient (Wildman–Crippen LogP) is 13.5. The highest BCUT2D eigenvalue weighted by atomic mass is 32.2. The molecule has 0 atom stereocenters. The van der Waals surface area contributed by atoms with E-state index < -0.39 is 148 Å². The Labute approximate surface area is 376 Å². The summed E-state index contributed by atoms with van der Waals surface area (Å²) in [6, 6.07) is -3.64. The first-order valence-electron chi connectivity index (χ1n) is 17.4. The molecule has 35 heteroatoms. The van der Waals surface area contributed by atoms with Crippen LogP contribution in [0.25, 0.3) is 0 Å². The number of halogens is 26. The summed E-state index contributed by atoms with van der Waals surface area (Å²) in [5, 5.41) is 0. The number of hydrogen-bond donors (Lipinski definition) is 0. The van der Waals surface area contributed by atoms with E-state index in [0.29, 0.717) is 0 Å². The molecule has 4 rings (SSSR count). The lowest BCUT2D eigenvalue weighted by atomic mass is 9.88. The Bertz CT molecular complexity index is 2620. The molecule has 0 saturated carbocycles. The average molecular weight is 1120 g/mol. The molecule has 0 spiro atoms. The summed E-state index contributed by atoms with van der Waals surface area (Å²) in [5.74, 6) is -79.1. The highest BCUT2D eigenvalue weighted by Gasteiger charge is 2.88. The number of ether oxygens (including phenoxy) is 1. The van der Waals surface area contributed by atoms with Crippen molar-refractivity contribution in [1.82, 2.24) is 0 Å². The van der Waals surface area contributed by atoms with Crippen molar-refractivity contribution in [2.24, 2.45) is 0 Å². The van der Waals surface area contributed by atoms with Crippen LogP contribution in [-0.2, 0) is 43.9 Å². The fraction of sp³-hybridized carbons (Fsp3) is 0.333. The summed E-state index contributed by atoms with van der Waals surface area (Å²) in [6.45, 7) is 0. The molecule has 0 N–H and O–H groups in total. The van der Waals surface area contributed by atoms with E-state index in [1.54, 1.807) is 0 Å². The topological polar surface area (TPSA) is 96.0 Å². The van der Waals surface area contributed by atoms with Crippen LogP contribution in [0.2, 0.25) is 0 Å². The van der Waals surface area contributed by atoms with Gasteiger partial charge in [-0.3, -0.25) is 0 Å². The van der Waals surface area contributed by atoms with Gasteiger partial charge in [0.25, 0.3) is 0 Å². The lowest BCUT2D eigenvalue weighted by Gasteiger charge is -2.39. The molecule has 71 heavy (non-hydrogen) atoms. The van der Waals surface area contributed by atoms with E-state index in [0.717, 1.165) is 0 Å². The summed E-state index contributed by atoms with van der Waals surface area (Å²) in [7, 11) is -13.5. The molecule has 4 aromatic carbocycles. The Hall–Kier alpha value is -5.64. The SMILES string of the molecule is O=S(=O)(Oc1cccc(C(F)(F)C(F)(F)C(F)(F)C(F)(F)C(F)(F)c2ccc(Oc3ccc(C(F)(F)C(F)(F)C(F)(F)C(F)(F)C(F)(F)c4cccc(OS(=O)(=O)C(F)(F)F)c4)cc3)cc2)c1)C(F)(F)F. The number of benzene rings is 4. The molecule has 0 aliphatic heterocycles. The van der Waals surface area contributed by atoms with Crippen LogP contribution in [-0.4, -0.2) is 63.4 Å². The zero-order valence-electron chi connectivity index (χ0n) is 32.7. The third-order valence-electron chi connectivity index (χ3n) is 9.20. The van der Waals surface area contributed by atoms with Gasteiger partial charge in [-0.05, 0) is 72.8 Å². The molecular formula is C36H16F26O7S2. The average Bonchev–Trinajstić information content (AvgIpc) is 3.22. The largest absolute Gasteiger partial charge is 0.534 e. The smallest absolute Gasteiger partial charge is 0.457 e. The quantitative estimate of drug-likeness (QED) is 0.0556. The van der Waals surface area contributed by atoms with E-state index in [2.05, 4.69) is 8.37 Å². The minimum Gasteiger partial charge on any atom is -0.457 e. The molecule has 0 saturated heterocycles. The van der Waals surface area contributed by atoms with Crippen LogP contribution < -0.4 is 13.1 Å². The second kappa shape index (κ2) is 17.5. The van der Waals surface area contributed by atoms with E-state index in [1.807, 2.05) is 0 Å². The van der Waals surface area contributed by atoms with Gasteiger partial charge in [0.1, 0.15) is 23.0 Å². The second-order valence-corrected chi connectivity index (χ2v) is 17.0. The summed E-state index contributed by atoms with van der Waals surface area (Å²) < 4.78 is 428. The first kappa shape index (κ1) is 57.9. The Morgan fingerprint density at radius 3 is 0.761 bits per heavy atom. The van der Waals surface area contributed by atoms with E-state index in [-0.39, 0.29) is 84.9 Å². The first-order valence-corrected chi connectivity index (χ1v) is 20.2. The Morgan fingerprint density at radius 1 is 0.282 bits per heavy atom. The van der Waals surface area contributed by atoms with Crippen LogP contribution in [0.1, 0.15) is 22.3 Å². The standard InChI is InChI=1S/C36H16F26O7S2/c37-25(38,29(45,46)33(53,54)31(49,50)27(41,42)19-3-1-5-23(15-19)68-70(63,64)35(57,58)59)17-7-11-21(12-8-17)67-22-13-9-18(10-14-22)26(39,40)30(47,48)34(55,56)32(51,52)28(43,44)20-4-2-6-24(16-20)69-71(65,66)36(60,61)62/h1-16H. The van der Waals surface area contributed by atoms with Gasteiger partial charge in [0, 0.05) is 22.3 Å². The summed E-state index contributed by atoms with van der Waals surface area (Å²) in [5.41, 5.74) is -22.9. The Morgan fingerprint density at radius 2 is 0.521 bits per heavy atom. The molecule has 0 aliphatic carbocycles. The van der Waals surface area contributed by atoms with Crippen molar-refractivity contribution in [2.75, 3.05) is 0 Å². The number of rotatable bonds is 18. The van der Waals surface area contributed by atoms with Crippen molar-refractivity contribution >= 4 is 20.2 Å². The van der Waals surface area contributed by atoms with Crippen molar-refractivity contribution in [3.05, 3.63) is 119 Å². The van der Waals surface area contributed by atoms with Gasteiger partial charge in [0.15, 0.2) is 0 Å². The van der Waals surface area contributed by atoms with Crippen LogP contribution in [0.5, 0.6) is 23.0 Å². The number of alkyl halides is 26. The fourth-order valence-electron chi connectivity index (χ4n) is 5.34. The van der Waals surface area contributed by atoms with Crippen LogP contribution in [0.3, 0.4) is 0 Å². The third-order valence-corrected chi connectivity index (χ3v) is 11.2. The Balaban J connectivity index is 1.57. The van der Waals surface area contributed by atoms with E-state index in [4.69, 9.17) is 4.74 Å². The van der Waals surface area contributed by atoms with Gasteiger partial charge in [-0.1, -0.05) is 24.3 Å². The van der Waals surface area contributed by atoms with Crippen molar-refractivity contribution in [2.45, 2.75) is 70.2 Å². The minimum absolute atomic E-state index is 0.0290. The molecule has 0 heterocycles. The predicted molar refractivity (Wildman–Crippen MR) is 182 cm³/mol. The normalized spacial score (nSPS) is 14.8. The van der Waals surface area contributed by atoms with Gasteiger partial charge in [0.05, 0.1) is 0 Å². The van der Waals surface area contributed by atoms with E-state index >= 15 is 0 Å². The summed E-state index contributed by atoms with van der Waals surface area (Å²) in [6.07, 6.45) is 0. The van der Waals surface area contributed by atoms with Crippen molar-refractivity contribution < 1.29 is 144 Å². The highest BCUT2D eigenvalue weighted by molar-refractivity contribution is 7.88. The maximum Gasteiger partial charge on any atom is 0.534 e. The highest BCUT2D eigenvalue weighted by Crippen LogP contribution is 2.63. The summed E-state index contributed by atoms with van der Waals surface area (Å²) in [4.78, 5) is 0. The van der Waals surface area contributed by atoms with Crippen LogP contribution in [0.15, 0.2) is 97.1 Å². The summed E-state index contributed by atoms with van der Waals surface area (Å²) >= 11 is 0. The van der Waals surface area contributed by atoms with Crippen molar-refractivity contribution in [1.29, 1.82) is 0 Å². The monoisotopic (exact) mass is 1120 g/mol. The van der Waals surface area contributed by atoms with Crippen LogP contribution >= 0.6 is 0 Å². The maximum atomic E-state index is 15.0. The molecule has 0 fully saturated rings. The van der Waals surface area contributed by atoms with Gasteiger partial charge >= 0.3 is 90.5 Å². The van der Waals surface area contributed by atoms with Gasteiger partial charge < -0.3 is 13.1 Å². The van der Waals surface area contributed by atoms with Gasteiger partial charge in [-0.25, -0.2) is 0 Å². The van der Waals surface area contributed by atoms with Crippen LogP contribution in [0, 0.1) is 0 Å².